The third-order valence-corrected chi connectivity index (χ3v) is 4.10. The van der Waals surface area contributed by atoms with Gasteiger partial charge >= 0.3 is 0 Å². The molecule has 0 saturated heterocycles. The van der Waals surface area contributed by atoms with E-state index in [9.17, 15) is 5.11 Å². The number of nitrogens with one attached hydrogen (secondary N) is 1. The molecule has 0 aliphatic heterocycles. The first kappa shape index (κ1) is 12.3. The Morgan fingerprint density at radius 1 is 1.43 bits per heavy atom. The summed E-state index contributed by atoms with van der Waals surface area (Å²) >= 11 is 1.92. The van der Waals surface area contributed by atoms with Crippen molar-refractivity contribution in [3.8, 4) is 0 Å². The van der Waals surface area contributed by atoms with E-state index in [1.807, 2.05) is 11.8 Å². The Hall–Kier alpha value is 0.270. The number of likely N-dealkylation sites (N-methyl/N-ethyl adjacent to an activating group) is 1. The predicted octanol–water partition coefficient (Wildman–Crippen LogP) is 1.88. The number of aliphatic hydroxyl groups is 1. The van der Waals surface area contributed by atoms with Crippen LogP contribution < -0.4 is 5.32 Å². The maximum absolute atomic E-state index is 9.57. The summed E-state index contributed by atoms with van der Waals surface area (Å²) in [5.74, 6) is 3.08. The lowest BCUT2D eigenvalue weighted by molar-refractivity contribution is 0.196. The van der Waals surface area contributed by atoms with Crippen LogP contribution in [-0.4, -0.2) is 35.8 Å². The second-order valence-electron chi connectivity index (χ2n) is 4.15. The molecule has 1 saturated carbocycles. The van der Waals surface area contributed by atoms with E-state index in [1.54, 1.807) is 0 Å². The number of rotatable bonds is 7. The van der Waals surface area contributed by atoms with Crippen molar-refractivity contribution in [3.63, 3.8) is 0 Å². The first-order valence-electron chi connectivity index (χ1n) is 5.79. The molecule has 0 bridgehead atoms. The molecule has 0 spiro atoms. The Bertz CT molecular complexity index is 137. The van der Waals surface area contributed by atoms with Crippen LogP contribution in [0.4, 0.5) is 0 Å². The van der Waals surface area contributed by atoms with E-state index in [-0.39, 0.29) is 6.10 Å². The van der Waals surface area contributed by atoms with Crippen molar-refractivity contribution in [3.05, 3.63) is 0 Å². The second kappa shape index (κ2) is 7.55. The summed E-state index contributed by atoms with van der Waals surface area (Å²) in [6, 6.07) is 0. The smallest absolute Gasteiger partial charge is 0.0754 e. The van der Waals surface area contributed by atoms with Gasteiger partial charge in [0.2, 0.25) is 0 Å². The van der Waals surface area contributed by atoms with Crippen LogP contribution in [0.3, 0.4) is 0 Å². The molecule has 2 nitrogen and oxygen atoms in total. The molecule has 0 radical (unpaired) electrons. The maximum Gasteiger partial charge on any atom is 0.0754 e. The van der Waals surface area contributed by atoms with Crippen molar-refractivity contribution in [2.45, 2.75) is 38.7 Å². The largest absolute Gasteiger partial charge is 0.391 e. The maximum atomic E-state index is 9.57. The monoisotopic (exact) mass is 217 g/mol. The van der Waals surface area contributed by atoms with Crippen molar-refractivity contribution in [2.24, 2.45) is 5.92 Å². The normalized spacial score (nSPS) is 20.1. The van der Waals surface area contributed by atoms with Gasteiger partial charge in [-0.05, 0) is 31.1 Å². The lowest BCUT2D eigenvalue weighted by Crippen LogP contribution is -2.28. The molecule has 3 heteroatoms. The number of thioether (sulfide) groups is 1. The Balaban J connectivity index is 1.91. The molecule has 0 aromatic heterocycles. The molecule has 0 aromatic carbocycles. The molecule has 1 fully saturated rings. The van der Waals surface area contributed by atoms with E-state index in [0.717, 1.165) is 24.8 Å². The molecular weight excluding hydrogens is 194 g/mol. The van der Waals surface area contributed by atoms with Crippen molar-refractivity contribution in [2.75, 3.05) is 24.6 Å². The molecule has 1 aliphatic carbocycles. The summed E-state index contributed by atoms with van der Waals surface area (Å²) in [5.41, 5.74) is 0. The van der Waals surface area contributed by atoms with Crippen LogP contribution in [-0.2, 0) is 0 Å². The summed E-state index contributed by atoms with van der Waals surface area (Å²) in [5, 5.41) is 12.7. The van der Waals surface area contributed by atoms with Crippen LogP contribution >= 0.6 is 11.8 Å². The minimum absolute atomic E-state index is 0.165. The van der Waals surface area contributed by atoms with Gasteiger partial charge in [-0.25, -0.2) is 0 Å². The van der Waals surface area contributed by atoms with E-state index in [1.165, 1.54) is 31.4 Å². The standard InChI is InChI=1S/C11H23NOS/c1-2-12-7-11(13)9-14-8-10-5-3-4-6-10/h10-13H,2-9H2,1H3. The van der Waals surface area contributed by atoms with Crippen LogP contribution in [0.5, 0.6) is 0 Å². The van der Waals surface area contributed by atoms with Gasteiger partial charge in [-0.2, -0.15) is 11.8 Å². The van der Waals surface area contributed by atoms with Crippen LogP contribution in [0.1, 0.15) is 32.6 Å². The Kier molecular flexibility index (Phi) is 6.65. The molecule has 1 rings (SSSR count). The van der Waals surface area contributed by atoms with Gasteiger partial charge in [-0.15, -0.1) is 0 Å². The van der Waals surface area contributed by atoms with Gasteiger partial charge in [0.1, 0.15) is 0 Å². The van der Waals surface area contributed by atoms with Gasteiger partial charge in [0.05, 0.1) is 6.10 Å². The van der Waals surface area contributed by atoms with Crippen LogP contribution in [0.25, 0.3) is 0 Å². The number of hydrogen-bond donors (Lipinski definition) is 2. The van der Waals surface area contributed by atoms with Gasteiger partial charge in [0.25, 0.3) is 0 Å². The molecular formula is C11H23NOS. The highest BCUT2D eigenvalue weighted by molar-refractivity contribution is 7.99. The first-order chi connectivity index (χ1) is 6.83. The number of hydrogen-bond acceptors (Lipinski definition) is 3. The third-order valence-electron chi connectivity index (χ3n) is 2.77. The zero-order valence-electron chi connectivity index (χ0n) is 9.17. The van der Waals surface area contributed by atoms with Gasteiger partial charge in [-0.3, -0.25) is 0 Å². The van der Waals surface area contributed by atoms with Gasteiger partial charge in [0.15, 0.2) is 0 Å². The van der Waals surface area contributed by atoms with Crippen LogP contribution in [0.2, 0.25) is 0 Å². The third kappa shape index (κ3) is 5.23. The summed E-state index contributed by atoms with van der Waals surface area (Å²) in [4.78, 5) is 0. The molecule has 1 atom stereocenters. The molecule has 0 aromatic rings. The molecule has 1 aliphatic rings. The molecule has 1 unspecified atom stereocenters. The highest BCUT2D eigenvalue weighted by atomic mass is 32.2. The lowest BCUT2D eigenvalue weighted by Gasteiger charge is -2.12. The topological polar surface area (TPSA) is 32.3 Å². The average molecular weight is 217 g/mol. The summed E-state index contributed by atoms with van der Waals surface area (Å²) < 4.78 is 0. The molecule has 2 N–H and O–H groups in total. The summed E-state index contributed by atoms with van der Waals surface area (Å²) in [6.45, 7) is 3.76. The zero-order chi connectivity index (χ0) is 10.2. The minimum atomic E-state index is -0.165. The minimum Gasteiger partial charge on any atom is -0.391 e. The van der Waals surface area contributed by atoms with Crippen molar-refractivity contribution < 1.29 is 5.11 Å². The number of aliphatic hydroxyl groups excluding tert-OH is 1. The highest BCUT2D eigenvalue weighted by Gasteiger charge is 2.15. The fraction of sp³-hybridized carbons (Fsp3) is 1.00. The predicted molar refractivity (Wildman–Crippen MR) is 63.8 cm³/mol. The van der Waals surface area contributed by atoms with E-state index in [0.29, 0.717) is 0 Å². The first-order valence-corrected chi connectivity index (χ1v) is 6.95. The van der Waals surface area contributed by atoms with E-state index in [2.05, 4.69) is 12.2 Å². The van der Waals surface area contributed by atoms with Gasteiger partial charge in [-0.1, -0.05) is 19.8 Å². The van der Waals surface area contributed by atoms with Crippen LogP contribution in [0.15, 0.2) is 0 Å². The molecule has 0 heterocycles. The summed E-state index contributed by atoms with van der Waals surface area (Å²) in [6.07, 6.45) is 5.50. The quantitative estimate of drug-likeness (QED) is 0.683. The Labute approximate surface area is 91.9 Å². The summed E-state index contributed by atoms with van der Waals surface area (Å²) in [7, 11) is 0. The van der Waals surface area contributed by atoms with E-state index >= 15 is 0 Å². The molecule has 84 valence electrons. The van der Waals surface area contributed by atoms with Gasteiger partial charge < -0.3 is 10.4 Å². The second-order valence-corrected chi connectivity index (χ2v) is 5.22. The fourth-order valence-electron chi connectivity index (χ4n) is 1.92. The average Bonchev–Trinajstić information content (AvgIpc) is 2.67. The van der Waals surface area contributed by atoms with Crippen molar-refractivity contribution in [1.29, 1.82) is 0 Å². The zero-order valence-corrected chi connectivity index (χ0v) is 9.98. The highest BCUT2D eigenvalue weighted by Crippen LogP contribution is 2.27. The lowest BCUT2D eigenvalue weighted by atomic mass is 10.1. The SMILES string of the molecule is CCNCC(O)CSCC1CCCC1. The molecule has 14 heavy (non-hydrogen) atoms. The van der Waals surface area contributed by atoms with Gasteiger partial charge in [0, 0.05) is 12.3 Å². The van der Waals surface area contributed by atoms with E-state index in [4.69, 9.17) is 0 Å². The Morgan fingerprint density at radius 3 is 2.79 bits per heavy atom. The van der Waals surface area contributed by atoms with Crippen molar-refractivity contribution in [1.82, 2.24) is 5.32 Å². The van der Waals surface area contributed by atoms with Crippen molar-refractivity contribution >= 4 is 11.8 Å². The molecule has 0 amide bonds. The fourth-order valence-corrected chi connectivity index (χ4v) is 3.11. The van der Waals surface area contributed by atoms with E-state index < -0.39 is 0 Å². The van der Waals surface area contributed by atoms with Crippen LogP contribution in [0, 0.1) is 5.92 Å². The Morgan fingerprint density at radius 2 is 2.14 bits per heavy atom.